The maximum Gasteiger partial charge on any atom is 0.265 e. The topological polar surface area (TPSA) is 75.7 Å². The summed E-state index contributed by atoms with van der Waals surface area (Å²) in [6.07, 6.45) is 0.609. The van der Waals surface area contributed by atoms with Crippen LogP contribution in [0.4, 0.5) is 11.4 Å². The molecule has 1 atom stereocenters. The molecule has 0 saturated carbocycles. The second kappa shape index (κ2) is 9.67. The van der Waals surface area contributed by atoms with E-state index in [1.807, 2.05) is 42.5 Å². The lowest BCUT2D eigenvalue weighted by atomic mass is 10.2. The monoisotopic (exact) mass is 468 g/mol. The Labute approximate surface area is 192 Å². The Kier molecular flexibility index (Phi) is 6.72. The van der Waals surface area contributed by atoms with E-state index in [1.54, 1.807) is 36.0 Å². The molecule has 1 aliphatic rings. The minimum atomic E-state index is -3.48. The molecule has 1 N–H and O–H groups in total. The summed E-state index contributed by atoms with van der Waals surface area (Å²) in [5.74, 6) is 0.910. The van der Waals surface area contributed by atoms with Crippen molar-refractivity contribution >= 4 is 39.1 Å². The maximum absolute atomic E-state index is 12.9. The lowest BCUT2D eigenvalue weighted by Gasteiger charge is -2.20. The predicted molar refractivity (Wildman–Crippen MR) is 129 cm³/mol. The van der Waals surface area contributed by atoms with Crippen LogP contribution in [-0.2, 0) is 20.6 Å². The van der Waals surface area contributed by atoms with Crippen molar-refractivity contribution in [3.8, 4) is 5.75 Å². The van der Waals surface area contributed by atoms with E-state index in [2.05, 4.69) is 17.4 Å². The number of rotatable bonds is 6. The average molecular weight is 469 g/mol. The first kappa shape index (κ1) is 22.2. The zero-order valence-electron chi connectivity index (χ0n) is 17.6. The largest absolute Gasteiger partial charge is 0.478 e. The second-order valence-corrected chi connectivity index (χ2v) is 10.4. The molecule has 3 aromatic rings. The predicted octanol–water partition coefficient (Wildman–Crippen LogP) is 4.53. The molecule has 8 heteroatoms. The Morgan fingerprint density at radius 1 is 1.03 bits per heavy atom. The minimum Gasteiger partial charge on any atom is -0.478 e. The molecular formula is C24H24N2O4S2. The Bertz CT molecular complexity index is 1180. The molecule has 1 unspecified atom stereocenters. The van der Waals surface area contributed by atoms with Crippen molar-refractivity contribution < 1.29 is 17.9 Å². The average Bonchev–Trinajstić information content (AvgIpc) is 2.99. The van der Waals surface area contributed by atoms with E-state index in [0.717, 1.165) is 17.6 Å². The van der Waals surface area contributed by atoms with Crippen molar-refractivity contribution in [2.75, 3.05) is 22.4 Å². The number of carbonyl (C=O) groups excluding carboxylic acids is 1. The summed E-state index contributed by atoms with van der Waals surface area (Å²) >= 11 is 1.75. The molecule has 32 heavy (non-hydrogen) atoms. The lowest BCUT2D eigenvalue weighted by Crippen LogP contribution is -2.35. The highest BCUT2D eigenvalue weighted by Gasteiger charge is 2.31. The van der Waals surface area contributed by atoms with E-state index in [9.17, 15) is 13.2 Å². The standard InChI is InChI=1S/C24H24N2O4S2/c1-32(28,29)26-16-15-23(30-22-10-6-5-9-21(22)26)24(27)25-19-13-11-18(12-14-19)17-31-20-7-3-2-4-8-20/h2-14,23H,15-17H2,1H3,(H,25,27). The fourth-order valence-electron chi connectivity index (χ4n) is 3.45. The van der Waals surface area contributed by atoms with Gasteiger partial charge in [0.2, 0.25) is 10.0 Å². The van der Waals surface area contributed by atoms with Crippen molar-refractivity contribution in [3.63, 3.8) is 0 Å². The summed E-state index contributed by atoms with van der Waals surface area (Å²) in [6, 6.07) is 24.8. The van der Waals surface area contributed by atoms with Gasteiger partial charge in [0.1, 0.15) is 5.75 Å². The molecule has 3 aromatic carbocycles. The van der Waals surface area contributed by atoms with E-state index in [0.29, 0.717) is 17.1 Å². The number of benzene rings is 3. The van der Waals surface area contributed by atoms with E-state index in [1.165, 1.54) is 9.20 Å². The Morgan fingerprint density at radius 2 is 1.72 bits per heavy atom. The van der Waals surface area contributed by atoms with Crippen molar-refractivity contribution in [1.29, 1.82) is 0 Å². The number of carbonyl (C=O) groups is 1. The van der Waals surface area contributed by atoms with E-state index in [4.69, 9.17) is 4.74 Å². The molecule has 0 aliphatic carbocycles. The van der Waals surface area contributed by atoms with Crippen LogP contribution in [0.5, 0.6) is 5.75 Å². The number of fused-ring (bicyclic) bond motifs is 1. The summed E-state index contributed by atoms with van der Waals surface area (Å²) in [5, 5.41) is 2.89. The number of nitrogens with one attached hydrogen (secondary N) is 1. The summed E-state index contributed by atoms with van der Waals surface area (Å²) in [5.41, 5.74) is 2.27. The molecule has 1 heterocycles. The number of sulfonamides is 1. The van der Waals surface area contributed by atoms with Crippen LogP contribution < -0.4 is 14.4 Å². The van der Waals surface area contributed by atoms with E-state index < -0.39 is 16.1 Å². The van der Waals surface area contributed by atoms with Gasteiger partial charge >= 0.3 is 0 Å². The highest BCUT2D eigenvalue weighted by molar-refractivity contribution is 7.98. The third kappa shape index (κ3) is 5.44. The molecule has 166 valence electrons. The number of para-hydroxylation sites is 2. The van der Waals surface area contributed by atoms with Gasteiger partial charge in [-0.3, -0.25) is 9.10 Å². The normalized spacial score (nSPS) is 15.9. The Hall–Kier alpha value is -2.97. The van der Waals surface area contributed by atoms with Crippen LogP contribution in [0.1, 0.15) is 12.0 Å². The molecule has 0 fully saturated rings. The smallest absolute Gasteiger partial charge is 0.265 e. The van der Waals surface area contributed by atoms with Gasteiger partial charge in [-0.25, -0.2) is 8.42 Å². The second-order valence-electron chi connectivity index (χ2n) is 7.49. The first-order valence-electron chi connectivity index (χ1n) is 10.2. The van der Waals surface area contributed by atoms with Gasteiger partial charge in [0.05, 0.1) is 11.9 Å². The van der Waals surface area contributed by atoms with Gasteiger partial charge in [0, 0.05) is 29.3 Å². The third-order valence-electron chi connectivity index (χ3n) is 5.06. The zero-order valence-corrected chi connectivity index (χ0v) is 19.2. The molecule has 0 saturated heterocycles. The Morgan fingerprint density at radius 3 is 2.44 bits per heavy atom. The lowest BCUT2D eigenvalue weighted by molar-refractivity contribution is -0.122. The first-order valence-corrected chi connectivity index (χ1v) is 13.0. The van der Waals surface area contributed by atoms with Gasteiger partial charge in [0.15, 0.2) is 6.10 Å². The summed E-state index contributed by atoms with van der Waals surface area (Å²) in [4.78, 5) is 14.1. The molecule has 4 rings (SSSR count). The molecular weight excluding hydrogens is 444 g/mol. The van der Waals surface area contributed by atoms with E-state index >= 15 is 0 Å². The first-order chi connectivity index (χ1) is 15.4. The number of thioether (sulfide) groups is 1. The van der Waals surface area contributed by atoms with Crippen LogP contribution in [0.2, 0.25) is 0 Å². The summed E-state index contributed by atoms with van der Waals surface area (Å²) in [7, 11) is -3.48. The van der Waals surface area contributed by atoms with Crippen LogP contribution in [0.25, 0.3) is 0 Å². The molecule has 0 aromatic heterocycles. The fraction of sp³-hybridized carbons (Fsp3) is 0.208. The molecule has 0 spiro atoms. The number of nitrogens with zero attached hydrogens (tertiary/aromatic N) is 1. The van der Waals surface area contributed by atoms with Gasteiger partial charge in [-0.15, -0.1) is 11.8 Å². The molecule has 0 bridgehead atoms. The number of hydrogen-bond acceptors (Lipinski definition) is 5. The zero-order chi connectivity index (χ0) is 22.6. The summed E-state index contributed by atoms with van der Waals surface area (Å²) < 4.78 is 31.6. The highest BCUT2D eigenvalue weighted by Crippen LogP contribution is 2.34. The number of ether oxygens (including phenoxy) is 1. The van der Waals surface area contributed by atoms with Gasteiger partial charge < -0.3 is 10.1 Å². The third-order valence-corrected chi connectivity index (χ3v) is 7.32. The molecule has 1 aliphatic heterocycles. The van der Waals surface area contributed by atoms with Crippen molar-refractivity contribution in [3.05, 3.63) is 84.4 Å². The van der Waals surface area contributed by atoms with Crippen LogP contribution in [0.15, 0.2) is 83.8 Å². The van der Waals surface area contributed by atoms with Gasteiger partial charge in [-0.2, -0.15) is 0 Å². The van der Waals surface area contributed by atoms with Gasteiger partial charge in [0.25, 0.3) is 5.91 Å². The highest BCUT2D eigenvalue weighted by atomic mass is 32.2. The minimum absolute atomic E-state index is 0.170. The quantitative estimate of drug-likeness (QED) is 0.538. The number of anilines is 2. The van der Waals surface area contributed by atoms with Crippen molar-refractivity contribution in [2.24, 2.45) is 0 Å². The van der Waals surface area contributed by atoms with Crippen LogP contribution >= 0.6 is 11.8 Å². The molecule has 0 radical (unpaired) electrons. The van der Waals surface area contributed by atoms with Crippen LogP contribution in [0, 0.1) is 0 Å². The van der Waals surface area contributed by atoms with Crippen LogP contribution in [-0.4, -0.2) is 33.2 Å². The van der Waals surface area contributed by atoms with E-state index in [-0.39, 0.29) is 18.9 Å². The maximum atomic E-state index is 12.9. The Balaban J connectivity index is 1.40. The van der Waals surface area contributed by atoms with Gasteiger partial charge in [-0.05, 0) is 42.0 Å². The fourth-order valence-corrected chi connectivity index (χ4v) is 5.27. The summed E-state index contributed by atoms with van der Waals surface area (Å²) in [6.45, 7) is 0.170. The van der Waals surface area contributed by atoms with Crippen LogP contribution in [0.3, 0.4) is 0 Å². The SMILES string of the molecule is CS(=O)(=O)N1CCC(C(=O)Nc2ccc(CSc3ccccc3)cc2)Oc2ccccc21. The molecule has 1 amide bonds. The number of hydrogen-bond donors (Lipinski definition) is 1. The van der Waals surface area contributed by atoms with Crippen molar-refractivity contribution in [2.45, 2.75) is 23.2 Å². The van der Waals surface area contributed by atoms with Gasteiger partial charge in [-0.1, -0.05) is 42.5 Å². The molecule has 6 nitrogen and oxygen atoms in total. The van der Waals surface area contributed by atoms with Crippen molar-refractivity contribution in [1.82, 2.24) is 0 Å². The number of amides is 1.